The number of nitrogens with zero attached hydrogens (tertiary/aromatic N) is 2. The number of carbonyl (C=O) groups excluding carboxylic acids is 2. The predicted molar refractivity (Wildman–Crippen MR) is 130 cm³/mol. The van der Waals surface area contributed by atoms with Crippen LogP contribution in [0.1, 0.15) is 46.4 Å². The molecular weight excluding hydrogens is 426 g/mol. The first kappa shape index (κ1) is 20.6. The molecule has 0 radical (unpaired) electrons. The molecule has 2 aliphatic carbocycles. The van der Waals surface area contributed by atoms with Gasteiger partial charge in [0.2, 0.25) is 0 Å². The average Bonchev–Trinajstić information content (AvgIpc) is 3.60. The summed E-state index contributed by atoms with van der Waals surface area (Å²) in [5.41, 5.74) is 3.65. The maximum absolute atomic E-state index is 12.8. The van der Waals surface area contributed by atoms with Gasteiger partial charge in [0.25, 0.3) is 11.8 Å². The van der Waals surface area contributed by atoms with Crippen molar-refractivity contribution in [3.8, 4) is 11.4 Å². The molecule has 4 aromatic rings. The number of rotatable bonds is 5. The zero-order valence-corrected chi connectivity index (χ0v) is 18.6. The molecule has 2 bridgehead atoms. The fourth-order valence-electron chi connectivity index (χ4n) is 5.37. The second kappa shape index (κ2) is 8.41. The standard InChI is InChI=1S/C27H25N5O2/c33-26(32-24-3-1-2-12-28-24)18-8-6-17(7-9-18)25-29-21-11-10-20(15-23(21)30-25)27(34)31-22-14-16-4-5-19(22)13-16/h1-3,6-12,15-16,19,22H,4-5,13-14H2,(H,29,30)(H,31,34)(H,28,32,33)/t16?,19?,22-/m0/s1. The number of hydrogen-bond donors (Lipinski definition) is 3. The van der Waals surface area contributed by atoms with Gasteiger partial charge in [0.1, 0.15) is 11.6 Å². The number of benzene rings is 2. The van der Waals surface area contributed by atoms with Crippen LogP contribution in [0.4, 0.5) is 5.82 Å². The van der Waals surface area contributed by atoms with E-state index in [4.69, 9.17) is 0 Å². The Bertz CT molecular complexity index is 1360. The lowest BCUT2D eigenvalue weighted by atomic mass is 9.95. The minimum Gasteiger partial charge on any atom is -0.349 e. The van der Waals surface area contributed by atoms with Crippen molar-refractivity contribution >= 4 is 28.7 Å². The van der Waals surface area contributed by atoms with Gasteiger partial charge in [-0.1, -0.05) is 24.6 Å². The van der Waals surface area contributed by atoms with E-state index >= 15 is 0 Å². The fourth-order valence-corrected chi connectivity index (χ4v) is 5.37. The molecule has 7 heteroatoms. The lowest BCUT2D eigenvalue weighted by Gasteiger charge is -2.22. The molecule has 2 amide bonds. The van der Waals surface area contributed by atoms with Crippen molar-refractivity contribution in [1.29, 1.82) is 0 Å². The Morgan fingerprint density at radius 3 is 2.50 bits per heavy atom. The Morgan fingerprint density at radius 1 is 0.912 bits per heavy atom. The topological polar surface area (TPSA) is 99.8 Å². The lowest BCUT2D eigenvalue weighted by Crippen LogP contribution is -2.38. The number of H-pyrrole nitrogens is 1. The summed E-state index contributed by atoms with van der Waals surface area (Å²) in [6.07, 6.45) is 6.56. The molecule has 3 atom stereocenters. The van der Waals surface area contributed by atoms with Crippen LogP contribution in [-0.2, 0) is 0 Å². The zero-order chi connectivity index (χ0) is 23.1. The fraction of sp³-hybridized carbons (Fsp3) is 0.259. The summed E-state index contributed by atoms with van der Waals surface area (Å²) in [7, 11) is 0. The quantitative estimate of drug-likeness (QED) is 0.406. The van der Waals surface area contributed by atoms with Crippen LogP contribution >= 0.6 is 0 Å². The minimum absolute atomic E-state index is 0.0149. The van der Waals surface area contributed by atoms with Gasteiger partial charge >= 0.3 is 0 Å². The Hall–Kier alpha value is -4.00. The Balaban J connectivity index is 1.17. The molecule has 2 aromatic heterocycles. The first-order valence-corrected chi connectivity index (χ1v) is 11.8. The monoisotopic (exact) mass is 451 g/mol. The largest absolute Gasteiger partial charge is 0.349 e. The van der Waals surface area contributed by atoms with E-state index in [1.807, 2.05) is 36.4 Å². The van der Waals surface area contributed by atoms with Crippen LogP contribution < -0.4 is 10.6 Å². The van der Waals surface area contributed by atoms with Crippen molar-refractivity contribution in [2.24, 2.45) is 11.8 Å². The summed E-state index contributed by atoms with van der Waals surface area (Å²) >= 11 is 0. The van der Waals surface area contributed by atoms with Crippen molar-refractivity contribution in [3.05, 3.63) is 78.0 Å². The second-order valence-corrected chi connectivity index (χ2v) is 9.32. The maximum atomic E-state index is 12.8. The number of nitrogens with one attached hydrogen (secondary N) is 3. The van der Waals surface area contributed by atoms with Crippen molar-refractivity contribution in [3.63, 3.8) is 0 Å². The van der Waals surface area contributed by atoms with Gasteiger partial charge in [0.15, 0.2) is 0 Å². The van der Waals surface area contributed by atoms with Crippen LogP contribution in [0.5, 0.6) is 0 Å². The minimum atomic E-state index is -0.221. The van der Waals surface area contributed by atoms with E-state index in [-0.39, 0.29) is 11.8 Å². The van der Waals surface area contributed by atoms with Gasteiger partial charge in [0.05, 0.1) is 11.0 Å². The molecule has 34 heavy (non-hydrogen) atoms. The van der Waals surface area contributed by atoms with E-state index in [9.17, 15) is 9.59 Å². The molecular formula is C27H25N5O2. The molecule has 2 fully saturated rings. The van der Waals surface area contributed by atoms with Crippen LogP contribution in [0.2, 0.25) is 0 Å². The molecule has 0 spiro atoms. The summed E-state index contributed by atoms with van der Waals surface area (Å²) in [5, 5.41) is 6.03. The smallest absolute Gasteiger partial charge is 0.256 e. The van der Waals surface area contributed by atoms with Gasteiger partial charge in [-0.2, -0.15) is 0 Å². The van der Waals surface area contributed by atoms with E-state index in [1.165, 1.54) is 19.3 Å². The number of carbonyl (C=O) groups is 2. The highest BCUT2D eigenvalue weighted by Crippen LogP contribution is 2.44. The van der Waals surface area contributed by atoms with Crippen molar-refractivity contribution in [1.82, 2.24) is 20.3 Å². The Morgan fingerprint density at radius 2 is 1.76 bits per heavy atom. The molecule has 0 saturated heterocycles. The third kappa shape index (κ3) is 3.94. The average molecular weight is 452 g/mol. The van der Waals surface area contributed by atoms with E-state index in [0.29, 0.717) is 34.7 Å². The molecule has 2 aromatic carbocycles. The van der Waals surface area contributed by atoms with Crippen LogP contribution in [0, 0.1) is 11.8 Å². The Kier molecular flexibility index (Phi) is 5.09. The first-order chi connectivity index (χ1) is 16.6. The molecule has 2 saturated carbocycles. The van der Waals surface area contributed by atoms with Gasteiger partial charge in [-0.05, 0) is 73.6 Å². The van der Waals surface area contributed by atoms with E-state index in [1.54, 1.807) is 30.5 Å². The number of fused-ring (bicyclic) bond motifs is 3. The van der Waals surface area contributed by atoms with Crippen molar-refractivity contribution in [2.45, 2.75) is 31.7 Å². The van der Waals surface area contributed by atoms with Crippen LogP contribution in [0.25, 0.3) is 22.4 Å². The molecule has 0 aliphatic heterocycles. The van der Waals surface area contributed by atoms with E-state index < -0.39 is 0 Å². The van der Waals surface area contributed by atoms with E-state index in [0.717, 1.165) is 28.9 Å². The highest BCUT2D eigenvalue weighted by atomic mass is 16.2. The lowest BCUT2D eigenvalue weighted by molar-refractivity contribution is 0.0922. The van der Waals surface area contributed by atoms with Gasteiger partial charge in [-0.25, -0.2) is 9.97 Å². The number of anilines is 1. The van der Waals surface area contributed by atoms with Crippen LogP contribution in [-0.4, -0.2) is 32.8 Å². The third-order valence-electron chi connectivity index (χ3n) is 7.13. The highest BCUT2D eigenvalue weighted by Gasteiger charge is 2.40. The number of imidazole rings is 1. The van der Waals surface area contributed by atoms with Gasteiger partial charge < -0.3 is 15.6 Å². The molecule has 3 N–H and O–H groups in total. The summed E-state index contributed by atoms with van der Waals surface area (Å²) < 4.78 is 0. The van der Waals surface area contributed by atoms with Crippen molar-refractivity contribution < 1.29 is 9.59 Å². The molecule has 2 aliphatic rings. The van der Waals surface area contributed by atoms with Gasteiger partial charge in [-0.15, -0.1) is 0 Å². The Labute approximate surface area is 197 Å². The summed E-state index contributed by atoms with van der Waals surface area (Å²) in [6.45, 7) is 0. The predicted octanol–water partition coefficient (Wildman–Crippen LogP) is 4.80. The van der Waals surface area contributed by atoms with Crippen LogP contribution in [0.3, 0.4) is 0 Å². The molecule has 6 rings (SSSR count). The molecule has 7 nitrogen and oxygen atoms in total. The summed E-state index contributed by atoms with van der Waals surface area (Å²) in [4.78, 5) is 37.4. The second-order valence-electron chi connectivity index (χ2n) is 9.32. The van der Waals surface area contributed by atoms with Crippen LogP contribution in [0.15, 0.2) is 66.9 Å². The SMILES string of the molecule is O=C(Nc1ccccn1)c1ccc(-c2nc3ccc(C(=O)N[C@H]4CC5CCC4C5)cc3[nH]2)cc1. The van der Waals surface area contributed by atoms with Gasteiger partial charge in [-0.3, -0.25) is 9.59 Å². The third-order valence-corrected chi connectivity index (χ3v) is 7.13. The first-order valence-electron chi connectivity index (χ1n) is 11.8. The van der Waals surface area contributed by atoms with E-state index in [2.05, 4.69) is 25.6 Å². The number of amides is 2. The number of aromatic amines is 1. The normalized spacial score (nSPS) is 21.0. The molecule has 2 unspecified atom stereocenters. The highest BCUT2D eigenvalue weighted by molar-refractivity contribution is 6.04. The summed E-state index contributed by atoms with van der Waals surface area (Å²) in [6, 6.07) is 18.5. The maximum Gasteiger partial charge on any atom is 0.256 e. The van der Waals surface area contributed by atoms with Crippen molar-refractivity contribution in [2.75, 3.05) is 5.32 Å². The summed E-state index contributed by atoms with van der Waals surface area (Å²) in [5.74, 6) is 2.40. The number of aromatic nitrogens is 3. The molecule has 2 heterocycles. The molecule has 170 valence electrons. The number of hydrogen-bond acceptors (Lipinski definition) is 4. The zero-order valence-electron chi connectivity index (χ0n) is 18.6. The van der Waals surface area contributed by atoms with Gasteiger partial charge in [0, 0.05) is 28.9 Å². The number of pyridine rings is 1.